The molecule has 1 aliphatic heterocycles. The van der Waals surface area contributed by atoms with Crippen LogP contribution >= 0.6 is 15.9 Å². The van der Waals surface area contributed by atoms with Gasteiger partial charge in [0.1, 0.15) is 0 Å². The van der Waals surface area contributed by atoms with Gasteiger partial charge in [0.15, 0.2) is 0 Å². The lowest BCUT2D eigenvalue weighted by Gasteiger charge is -2.30. The largest absolute Gasteiger partial charge is 0.339 e. The summed E-state index contributed by atoms with van der Waals surface area (Å²) in [6.07, 6.45) is 5.59. The van der Waals surface area contributed by atoms with Crippen LogP contribution in [0.4, 0.5) is 0 Å². The molecule has 102 valence electrons. The SMILES string of the molecule is CN(C(=O)/C=C/c1ccccc1Br)C1CCNCC1. The van der Waals surface area contributed by atoms with Crippen LogP contribution in [0.3, 0.4) is 0 Å². The number of halogens is 1. The third kappa shape index (κ3) is 3.91. The smallest absolute Gasteiger partial charge is 0.246 e. The lowest BCUT2D eigenvalue weighted by Crippen LogP contribution is -2.43. The number of hydrogen-bond acceptors (Lipinski definition) is 2. The van der Waals surface area contributed by atoms with Crippen LogP contribution < -0.4 is 5.32 Å². The summed E-state index contributed by atoms with van der Waals surface area (Å²) < 4.78 is 1.00. The molecule has 2 rings (SSSR count). The molecule has 1 aromatic carbocycles. The minimum atomic E-state index is 0.0719. The Balaban J connectivity index is 1.98. The van der Waals surface area contributed by atoms with Gasteiger partial charge in [-0.1, -0.05) is 34.1 Å². The van der Waals surface area contributed by atoms with E-state index in [9.17, 15) is 4.79 Å². The third-order valence-electron chi connectivity index (χ3n) is 3.51. The van der Waals surface area contributed by atoms with Crippen molar-refractivity contribution >= 4 is 27.9 Å². The third-order valence-corrected chi connectivity index (χ3v) is 4.24. The van der Waals surface area contributed by atoms with E-state index in [0.29, 0.717) is 6.04 Å². The fourth-order valence-electron chi connectivity index (χ4n) is 2.26. The Morgan fingerprint density at radius 1 is 1.37 bits per heavy atom. The summed E-state index contributed by atoms with van der Waals surface area (Å²) in [7, 11) is 1.89. The zero-order valence-electron chi connectivity index (χ0n) is 11.1. The van der Waals surface area contributed by atoms with Gasteiger partial charge in [-0.3, -0.25) is 4.79 Å². The Kier molecular flexibility index (Phi) is 5.16. The fraction of sp³-hybridized carbons (Fsp3) is 0.400. The molecule has 0 unspecified atom stereocenters. The van der Waals surface area contributed by atoms with Crippen LogP contribution in [0, 0.1) is 0 Å². The van der Waals surface area contributed by atoms with Gasteiger partial charge in [-0.15, -0.1) is 0 Å². The van der Waals surface area contributed by atoms with Crippen molar-refractivity contribution in [2.24, 2.45) is 0 Å². The number of amides is 1. The van der Waals surface area contributed by atoms with E-state index in [0.717, 1.165) is 36.0 Å². The van der Waals surface area contributed by atoms with E-state index in [1.807, 2.05) is 42.3 Å². The van der Waals surface area contributed by atoms with Crippen molar-refractivity contribution in [3.63, 3.8) is 0 Å². The normalized spacial score (nSPS) is 16.7. The Labute approximate surface area is 122 Å². The van der Waals surface area contributed by atoms with E-state index in [1.165, 1.54) is 0 Å². The van der Waals surface area contributed by atoms with Crippen LogP contribution in [0.1, 0.15) is 18.4 Å². The maximum absolute atomic E-state index is 12.1. The van der Waals surface area contributed by atoms with Crippen LogP contribution in [-0.2, 0) is 4.79 Å². The van der Waals surface area contributed by atoms with E-state index in [-0.39, 0.29) is 5.91 Å². The van der Waals surface area contributed by atoms with E-state index in [4.69, 9.17) is 0 Å². The molecule has 0 saturated carbocycles. The molecule has 1 heterocycles. The average molecular weight is 323 g/mol. The first-order valence-corrected chi connectivity index (χ1v) is 7.38. The summed E-state index contributed by atoms with van der Waals surface area (Å²) in [4.78, 5) is 14.0. The average Bonchev–Trinajstić information content (AvgIpc) is 2.46. The highest BCUT2D eigenvalue weighted by Gasteiger charge is 2.20. The molecule has 0 aromatic heterocycles. The number of nitrogens with zero attached hydrogens (tertiary/aromatic N) is 1. The van der Waals surface area contributed by atoms with Gasteiger partial charge < -0.3 is 10.2 Å². The van der Waals surface area contributed by atoms with Gasteiger partial charge in [0.2, 0.25) is 5.91 Å². The molecule has 0 radical (unpaired) electrons. The topological polar surface area (TPSA) is 32.3 Å². The number of hydrogen-bond donors (Lipinski definition) is 1. The van der Waals surface area contributed by atoms with Crippen LogP contribution in [0.5, 0.6) is 0 Å². The standard InChI is InChI=1S/C15H19BrN2O/c1-18(13-8-10-17-11-9-13)15(19)7-6-12-4-2-3-5-14(12)16/h2-7,13,17H,8-11H2,1H3/b7-6+. The first-order valence-electron chi connectivity index (χ1n) is 6.58. The number of rotatable bonds is 3. The molecule has 1 saturated heterocycles. The van der Waals surface area contributed by atoms with E-state index in [1.54, 1.807) is 6.08 Å². The van der Waals surface area contributed by atoms with E-state index in [2.05, 4.69) is 21.2 Å². The van der Waals surface area contributed by atoms with Crippen molar-refractivity contribution in [2.75, 3.05) is 20.1 Å². The van der Waals surface area contributed by atoms with Crippen LogP contribution in [0.2, 0.25) is 0 Å². The van der Waals surface area contributed by atoms with E-state index >= 15 is 0 Å². The maximum Gasteiger partial charge on any atom is 0.246 e. The number of carbonyl (C=O) groups excluding carboxylic acids is 1. The molecule has 0 bridgehead atoms. The number of carbonyl (C=O) groups is 1. The first-order chi connectivity index (χ1) is 9.18. The molecule has 0 atom stereocenters. The van der Waals surface area contributed by atoms with Crippen LogP contribution in [0.25, 0.3) is 6.08 Å². The molecule has 4 heteroatoms. The van der Waals surface area contributed by atoms with Gasteiger partial charge in [0, 0.05) is 23.6 Å². The molecular formula is C15H19BrN2O. The first kappa shape index (κ1) is 14.3. The van der Waals surface area contributed by atoms with Crippen molar-refractivity contribution in [1.82, 2.24) is 10.2 Å². The van der Waals surface area contributed by atoms with Crippen LogP contribution in [-0.4, -0.2) is 37.0 Å². The molecule has 1 amide bonds. The highest BCUT2D eigenvalue weighted by atomic mass is 79.9. The maximum atomic E-state index is 12.1. The summed E-state index contributed by atoms with van der Waals surface area (Å²) >= 11 is 3.48. The number of benzene rings is 1. The molecule has 3 nitrogen and oxygen atoms in total. The second-order valence-electron chi connectivity index (χ2n) is 4.79. The zero-order chi connectivity index (χ0) is 13.7. The second kappa shape index (κ2) is 6.87. The summed E-state index contributed by atoms with van der Waals surface area (Å²) in [5, 5.41) is 3.31. The van der Waals surface area contributed by atoms with Crippen molar-refractivity contribution in [1.29, 1.82) is 0 Å². The predicted octanol–water partition coefficient (Wildman–Crippen LogP) is 2.67. The fourth-order valence-corrected chi connectivity index (χ4v) is 2.68. The predicted molar refractivity (Wildman–Crippen MR) is 81.8 cm³/mol. The lowest BCUT2D eigenvalue weighted by molar-refractivity contribution is -0.127. The Hall–Kier alpha value is -1.13. The molecule has 19 heavy (non-hydrogen) atoms. The van der Waals surface area contributed by atoms with Crippen molar-refractivity contribution in [3.05, 3.63) is 40.4 Å². The summed E-state index contributed by atoms with van der Waals surface area (Å²) in [6.45, 7) is 1.99. The molecule has 1 aliphatic rings. The summed E-state index contributed by atoms with van der Waals surface area (Å²) in [5.74, 6) is 0.0719. The quantitative estimate of drug-likeness (QED) is 0.868. The zero-order valence-corrected chi connectivity index (χ0v) is 12.7. The second-order valence-corrected chi connectivity index (χ2v) is 5.64. The minimum Gasteiger partial charge on any atom is -0.339 e. The van der Waals surface area contributed by atoms with Crippen molar-refractivity contribution < 1.29 is 4.79 Å². The Bertz CT molecular complexity index is 467. The van der Waals surface area contributed by atoms with Crippen molar-refractivity contribution in [2.45, 2.75) is 18.9 Å². The van der Waals surface area contributed by atoms with Gasteiger partial charge in [0.05, 0.1) is 0 Å². The highest BCUT2D eigenvalue weighted by Crippen LogP contribution is 2.17. The molecule has 1 aromatic rings. The van der Waals surface area contributed by atoms with Gasteiger partial charge in [-0.05, 0) is 43.6 Å². The molecule has 0 spiro atoms. The van der Waals surface area contributed by atoms with Gasteiger partial charge in [-0.2, -0.15) is 0 Å². The molecule has 1 N–H and O–H groups in total. The molecular weight excluding hydrogens is 304 g/mol. The summed E-state index contributed by atoms with van der Waals surface area (Å²) in [5.41, 5.74) is 1.02. The number of piperidine rings is 1. The highest BCUT2D eigenvalue weighted by molar-refractivity contribution is 9.10. The Morgan fingerprint density at radius 3 is 2.74 bits per heavy atom. The van der Waals surface area contributed by atoms with Crippen molar-refractivity contribution in [3.8, 4) is 0 Å². The van der Waals surface area contributed by atoms with Gasteiger partial charge in [0.25, 0.3) is 0 Å². The monoisotopic (exact) mass is 322 g/mol. The molecule has 0 aliphatic carbocycles. The van der Waals surface area contributed by atoms with Gasteiger partial charge in [-0.25, -0.2) is 0 Å². The number of nitrogens with one attached hydrogen (secondary N) is 1. The lowest BCUT2D eigenvalue weighted by atomic mass is 10.1. The van der Waals surface area contributed by atoms with E-state index < -0.39 is 0 Å². The van der Waals surface area contributed by atoms with Gasteiger partial charge >= 0.3 is 0 Å². The molecule has 1 fully saturated rings. The van der Waals surface area contributed by atoms with Crippen LogP contribution in [0.15, 0.2) is 34.8 Å². The summed E-state index contributed by atoms with van der Waals surface area (Å²) in [6, 6.07) is 8.24. The Morgan fingerprint density at radius 2 is 2.05 bits per heavy atom. The minimum absolute atomic E-state index is 0.0719. The number of likely N-dealkylation sites (N-methyl/N-ethyl adjacent to an activating group) is 1.